The van der Waals surface area contributed by atoms with Crippen LogP contribution in [0.5, 0.6) is 0 Å². The molecule has 0 heterocycles. The van der Waals surface area contributed by atoms with Crippen LogP contribution in [0.25, 0.3) is 0 Å². The fraction of sp³-hybridized carbons (Fsp3) is 0.333. The summed E-state index contributed by atoms with van der Waals surface area (Å²) in [6.45, 7) is 3.83. The first kappa shape index (κ1) is 40.1. The summed E-state index contributed by atoms with van der Waals surface area (Å²) in [6, 6.07) is 34.1. The topological polar surface area (TPSA) is 163 Å². The van der Waals surface area contributed by atoms with Crippen LogP contribution in [-0.4, -0.2) is 71.3 Å². The minimum atomic E-state index is -1.22. The van der Waals surface area contributed by atoms with E-state index in [2.05, 4.69) is 16.0 Å². The molecular formula is C42H51N5O6. The molecule has 6 N–H and O–H groups in total. The zero-order valence-electron chi connectivity index (χ0n) is 30.4. The summed E-state index contributed by atoms with van der Waals surface area (Å²) in [4.78, 5) is 54.7. The molecule has 0 aromatic heterocycles. The molecule has 0 spiro atoms. The minimum Gasteiger partial charge on any atom is -0.445 e. The quantitative estimate of drug-likeness (QED) is 0.0938. The van der Waals surface area contributed by atoms with Crippen LogP contribution < -0.4 is 21.7 Å². The number of alkyl carbamates (subject to hydrolysis) is 1. The molecule has 4 rings (SSSR count). The largest absolute Gasteiger partial charge is 0.445 e. The van der Waals surface area contributed by atoms with Crippen molar-refractivity contribution in [1.29, 1.82) is 0 Å². The third kappa shape index (κ3) is 13.4. The van der Waals surface area contributed by atoms with Crippen LogP contribution in [0.4, 0.5) is 9.59 Å². The molecule has 1 unspecified atom stereocenters. The number of benzene rings is 4. The monoisotopic (exact) mass is 721 g/mol. The Morgan fingerprint density at radius 3 is 1.75 bits per heavy atom. The number of aliphatic hydroxyl groups excluding tert-OH is 1. The Labute approximate surface area is 311 Å². The number of nitrogens with one attached hydrogen (secondary N) is 3. The lowest BCUT2D eigenvalue weighted by Crippen LogP contribution is -2.59. The van der Waals surface area contributed by atoms with Crippen LogP contribution in [0.2, 0.25) is 0 Å². The normalized spacial score (nSPS) is 13.7. The van der Waals surface area contributed by atoms with Crippen molar-refractivity contribution in [2.75, 3.05) is 13.1 Å². The average Bonchev–Trinajstić information content (AvgIpc) is 3.18. The first-order valence-electron chi connectivity index (χ1n) is 18.0. The number of aliphatic hydroxyl groups is 1. The van der Waals surface area contributed by atoms with E-state index in [-0.39, 0.29) is 38.5 Å². The number of primary amides is 1. The molecule has 0 aliphatic heterocycles. The number of carbonyl (C=O) groups is 4. The number of rotatable bonds is 19. The van der Waals surface area contributed by atoms with Crippen molar-refractivity contribution in [3.8, 4) is 0 Å². The molecule has 0 fully saturated rings. The molecular weight excluding hydrogens is 670 g/mol. The number of carbonyl (C=O) groups excluding carboxylic acids is 4. The van der Waals surface area contributed by atoms with Gasteiger partial charge >= 0.3 is 12.1 Å². The van der Waals surface area contributed by atoms with E-state index in [1.807, 2.05) is 135 Å². The first-order chi connectivity index (χ1) is 25.6. The highest BCUT2D eigenvalue weighted by Gasteiger charge is 2.32. The SMILES string of the molecule is CC[C@H](C)C(NC(=O)N(CCc1ccccc1)C[C@@H](O)[C@H](Cc1ccccc1)NC(=O)OCc1ccccc1)C(=O)N[C@@H](Cc1ccccc1)C(N)=O. The van der Waals surface area contributed by atoms with Crippen LogP contribution >= 0.6 is 0 Å². The molecule has 0 radical (unpaired) electrons. The van der Waals surface area contributed by atoms with Gasteiger partial charge in [-0.25, -0.2) is 9.59 Å². The smallest absolute Gasteiger partial charge is 0.407 e. The number of amides is 5. The van der Waals surface area contributed by atoms with E-state index in [0.717, 1.165) is 22.3 Å². The molecule has 0 saturated carbocycles. The van der Waals surface area contributed by atoms with Crippen molar-refractivity contribution in [3.05, 3.63) is 144 Å². The van der Waals surface area contributed by atoms with Gasteiger partial charge in [0.25, 0.3) is 0 Å². The van der Waals surface area contributed by atoms with E-state index >= 15 is 0 Å². The van der Waals surface area contributed by atoms with Gasteiger partial charge in [0.15, 0.2) is 0 Å². The summed E-state index contributed by atoms with van der Waals surface area (Å²) in [6.07, 6.45) is -0.437. The standard InChI is InChI=1S/C42H51N5O6/c1-3-30(2)38(40(50)44-36(39(43)49)27-33-20-12-6-13-21-33)46-41(51)47(25-24-31-16-8-4-9-17-31)28-37(48)35(26-32-18-10-5-11-19-32)45-42(52)53-29-34-22-14-7-15-23-34/h4-23,30,35-38,48H,3,24-29H2,1-2H3,(H2,43,49)(H,44,50)(H,45,52)(H,46,51)/t30-,35-,36-,37+,38?/m0/s1. The van der Waals surface area contributed by atoms with Gasteiger partial charge < -0.3 is 36.4 Å². The third-order valence-electron chi connectivity index (χ3n) is 9.20. The van der Waals surface area contributed by atoms with Gasteiger partial charge in [-0.1, -0.05) is 142 Å². The predicted octanol–water partition coefficient (Wildman–Crippen LogP) is 4.77. The molecule has 0 aliphatic rings. The van der Waals surface area contributed by atoms with E-state index < -0.39 is 48.2 Å². The zero-order chi connectivity index (χ0) is 38.0. The number of nitrogens with zero attached hydrogens (tertiary/aromatic N) is 1. The molecule has 5 atom stereocenters. The van der Waals surface area contributed by atoms with Crippen molar-refractivity contribution >= 4 is 23.9 Å². The number of ether oxygens (including phenoxy) is 1. The lowest BCUT2D eigenvalue weighted by atomic mass is 9.97. The Bertz CT molecular complexity index is 1710. The lowest BCUT2D eigenvalue weighted by molar-refractivity contribution is -0.129. The molecule has 4 aromatic carbocycles. The molecule has 0 aliphatic carbocycles. The van der Waals surface area contributed by atoms with Crippen molar-refractivity contribution < 1.29 is 29.0 Å². The Hall–Kier alpha value is -5.68. The summed E-state index contributed by atoms with van der Waals surface area (Å²) in [5, 5.41) is 20.2. The van der Waals surface area contributed by atoms with Crippen molar-refractivity contribution in [1.82, 2.24) is 20.9 Å². The van der Waals surface area contributed by atoms with Gasteiger partial charge in [-0.2, -0.15) is 0 Å². The molecule has 53 heavy (non-hydrogen) atoms. The van der Waals surface area contributed by atoms with Gasteiger partial charge in [-0.3, -0.25) is 9.59 Å². The van der Waals surface area contributed by atoms with E-state index in [4.69, 9.17) is 10.5 Å². The van der Waals surface area contributed by atoms with Gasteiger partial charge in [0, 0.05) is 13.0 Å². The number of hydrogen-bond donors (Lipinski definition) is 5. The molecule has 0 bridgehead atoms. The Morgan fingerprint density at radius 1 is 0.717 bits per heavy atom. The van der Waals surface area contributed by atoms with E-state index in [1.165, 1.54) is 4.90 Å². The van der Waals surface area contributed by atoms with Crippen molar-refractivity contribution in [2.24, 2.45) is 11.7 Å². The summed E-state index contributed by atoms with van der Waals surface area (Å²) < 4.78 is 5.48. The fourth-order valence-electron chi connectivity index (χ4n) is 5.87. The maximum absolute atomic E-state index is 14.1. The van der Waals surface area contributed by atoms with Crippen molar-refractivity contribution in [2.45, 2.75) is 70.4 Å². The Morgan fingerprint density at radius 2 is 1.23 bits per heavy atom. The van der Waals surface area contributed by atoms with Crippen LogP contribution in [0.3, 0.4) is 0 Å². The van der Waals surface area contributed by atoms with Gasteiger partial charge in [0.1, 0.15) is 18.7 Å². The van der Waals surface area contributed by atoms with Crippen LogP contribution in [0.15, 0.2) is 121 Å². The minimum absolute atomic E-state index is 0.0491. The highest BCUT2D eigenvalue weighted by Crippen LogP contribution is 2.14. The van der Waals surface area contributed by atoms with Gasteiger partial charge in [0.05, 0.1) is 18.7 Å². The first-order valence-corrected chi connectivity index (χ1v) is 18.0. The maximum atomic E-state index is 14.1. The zero-order valence-corrected chi connectivity index (χ0v) is 30.4. The number of nitrogens with two attached hydrogens (primary N) is 1. The molecule has 4 aromatic rings. The predicted molar refractivity (Wildman–Crippen MR) is 204 cm³/mol. The van der Waals surface area contributed by atoms with Gasteiger partial charge in [0.2, 0.25) is 11.8 Å². The second kappa shape index (κ2) is 21.0. The Kier molecular flexibility index (Phi) is 15.9. The van der Waals surface area contributed by atoms with Crippen LogP contribution in [-0.2, 0) is 40.2 Å². The third-order valence-corrected chi connectivity index (χ3v) is 9.20. The van der Waals surface area contributed by atoms with Crippen molar-refractivity contribution in [3.63, 3.8) is 0 Å². The summed E-state index contributed by atoms with van der Waals surface area (Å²) >= 11 is 0. The molecule has 5 amide bonds. The van der Waals surface area contributed by atoms with Crippen LogP contribution in [0.1, 0.15) is 42.5 Å². The molecule has 11 heteroatoms. The van der Waals surface area contributed by atoms with Crippen LogP contribution in [0, 0.1) is 5.92 Å². The summed E-state index contributed by atoms with van der Waals surface area (Å²) in [7, 11) is 0. The van der Waals surface area contributed by atoms with Gasteiger partial charge in [-0.05, 0) is 41.0 Å². The highest BCUT2D eigenvalue weighted by atomic mass is 16.5. The fourth-order valence-corrected chi connectivity index (χ4v) is 5.87. The lowest BCUT2D eigenvalue weighted by Gasteiger charge is -2.32. The second-order valence-corrected chi connectivity index (χ2v) is 13.2. The average molecular weight is 722 g/mol. The Balaban J connectivity index is 1.53. The highest BCUT2D eigenvalue weighted by molar-refractivity contribution is 5.91. The molecule has 280 valence electrons. The number of hydrogen-bond acceptors (Lipinski definition) is 6. The molecule has 0 saturated heterocycles. The van der Waals surface area contributed by atoms with E-state index in [9.17, 15) is 24.3 Å². The summed E-state index contributed by atoms with van der Waals surface area (Å²) in [5.41, 5.74) is 9.17. The maximum Gasteiger partial charge on any atom is 0.407 e. The molecule has 11 nitrogen and oxygen atoms in total. The number of urea groups is 1. The van der Waals surface area contributed by atoms with E-state index in [1.54, 1.807) is 0 Å². The second-order valence-electron chi connectivity index (χ2n) is 13.2. The summed E-state index contributed by atoms with van der Waals surface area (Å²) in [5.74, 6) is -1.54. The van der Waals surface area contributed by atoms with Gasteiger partial charge in [-0.15, -0.1) is 0 Å². The van der Waals surface area contributed by atoms with E-state index in [0.29, 0.717) is 12.8 Å².